The van der Waals surface area contributed by atoms with Crippen LogP contribution in [-0.4, -0.2) is 9.97 Å². The first-order valence-corrected chi connectivity index (χ1v) is 6.17. The number of hydrogen-bond donors (Lipinski definition) is 3. The standard InChI is InChI=1S/C13H14F3N5/c1-6(2)11-12(18-5-19-13(11)21-17)20-10-4-8(15)7(14)3-9(10)16/h3-6H,17H2,1-2H3,(H2,18,19,20,21). The van der Waals surface area contributed by atoms with E-state index in [9.17, 15) is 13.2 Å². The van der Waals surface area contributed by atoms with E-state index in [1.165, 1.54) is 6.33 Å². The molecule has 8 heteroatoms. The monoisotopic (exact) mass is 297 g/mol. The van der Waals surface area contributed by atoms with Gasteiger partial charge in [0.15, 0.2) is 11.6 Å². The lowest BCUT2D eigenvalue weighted by Crippen LogP contribution is -2.14. The van der Waals surface area contributed by atoms with Crippen LogP contribution < -0.4 is 16.6 Å². The zero-order valence-corrected chi connectivity index (χ0v) is 11.4. The minimum atomic E-state index is -1.26. The van der Waals surface area contributed by atoms with Gasteiger partial charge in [-0.25, -0.2) is 29.0 Å². The average Bonchev–Trinajstić information content (AvgIpc) is 2.44. The van der Waals surface area contributed by atoms with E-state index in [-0.39, 0.29) is 17.4 Å². The van der Waals surface area contributed by atoms with Crippen LogP contribution in [-0.2, 0) is 0 Å². The number of nitrogens with one attached hydrogen (secondary N) is 2. The topological polar surface area (TPSA) is 75.9 Å². The number of benzene rings is 1. The number of aromatic nitrogens is 2. The molecule has 0 saturated heterocycles. The summed E-state index contributed by atoms with van der Waals surface area (Å²) in [7, 11) is 0. The first-order valence-electron chi connectivity index (χ1n) is 6.17. The van der Waals surface area contributed by atoms with Crippen LogP contribution >= 0.6 is 0 Å². The van der Waals surface area contributed by atoms with E-state index in [2.05, 4.69) is 20.7 Å². The maximum absolute atomic E-state index is 13.7. The maximum Gasteiger partial charge on any atom is 0.161 e. The fourth-order valence-corrected chi connectivity index (χ4v) is 1.90. The normalized spacial score (nSPS) is 10.8. The quantitative estimate of drug-likeness (QED) is 0.459. The van der Waals surface area contributed by atoms with Crippen molar-refractivity contribution < 1.29 is 13.2 Å². The molecule has 0 aliphatic heterocycles. The summed E-state index contributed by atoms with van der Waals surface area (Å²) in [4.78, 5) is 7.96. The summed E-state index contributed by atoms with van der Waals surface area (Å²) in [6.45, 7) is 3.73. The van der Waals surface area contributed by atoms with Crippen molar-refractivity contribution >= 4 is 17.3 Å². The van der Waals surface area contributed by atoms with Crippen LogP contribution in [0.3, 0.4) is 0 Å². The van der Waals surface area contributed by atoms with Crippen LogP contribution in [0.4, 0.5) is 30.5 Å². The van der Waals surface area contributed by atoms with Gasteiger partial charge in [0.05, 0.1) is 5.69 Å². The first kappa shape index (κ1) is 15.0. The van der Waals surface area contributed by atoms with Crippen molar-refractivity contribution in [1.82, 2.24) is 9.97 Å². The lowest BCUT2D eigenvalue weighted by molar-refractivity contribution is 0.496. The summed E-state index contributed by atoms with van der Waals surface area (Å²) in [5.74, 6) is 2.63. The number of nitrogens with two attached hydrogens (primary N) is 1. The lowest BCUT2D eigenvalue weighted by Gasteiger charge is -2.16. The minimum absolute atomic E-state index is 0.0342. The number of halogens is 3. The lowest BCUT2D eigenvalue weighted by atomic mass is 10.0. The highest BCUT2D eigenvalue weighted by molar-refractivity contribution is 5.66. The Bertz CT molecular complexity index is 660. The predicted octanol–water partition coefficient (Wildman–Crippen LogP) is 3.05. The summed E-state index contributed by atoms with van der Waals surface area (Å²) in [6, 6.07) is 1.20. The Kier molecular flexibility index (Phi) is 4.27. The van der Waals surface area contributed by atoms with Gasteiger partial charge in [-0.1, -0.05) is 13.8 Å². The second-order valence-corrected chi connectivity index (χ2v) is 4.65. The number of rotatable bonds is 4. The summed E-state index contributed by atoms with van der Waals surface area (Å²) in [6.07, 6.45) is 1.22. The summed E-state index contributed by atoms with van der Waals surface area (Å²) in [5.41, 5.74) is 2.80. The van der Waals surface area contributed by atoms with Crippen molar-refractivity contribution in [2.75, 3.05) is 10.7 Å². The van der Waals surface area contributed by atoms with Crippen molar-refractivity contribution in [3.63, 3.8) is 0 Å². The SMILES string of the molecule is CC(C)c1c(NN)ncnc1Nc1cc(F)c(F)cc1F. The van der Waals surface area contributed by atoms with Crippen LogP contribution in [0.15, 0.2) is 18.5 Å². The third-order valence-electron chi connectivity index (χ3n) is 2.86. The Labute approximate surface area is 119 Å². The zero-order chi connectivity index (χ0) is 15.6. The second-order valence-electron chi connectivity index (χ2n) is 4.65. The average molecular weight is 297 g/mol. The van der Waals surface area contributed by atoms with Crippen LogP contribution in [0.25, 0.3) is 0 Å². The number of nitrogens with zero attached hydrogens (tertiary/aromatic N) is 2. The van der Waals surface area contributed by atoms with E-state index < -0.39 is 17.5 Å². The summed E-state index contributed by atoms with van der Waals surface area (Å²) >= 11 is 0. The van der Waals surface area contributed by atoms with E-state index in [0.29, 0.717) is 17.4 Å². The molecule has 5 nitrogen and oxygen atoms in total. The maximum atomic E-state index is 13.7. The predicted molar refractivity (Wildman–Crippen MR) is 73.5 cm³/mol. The van der Waals surface area contributed by atoms with Gasteiger partial charge in [-0.05, 0) is 5.92 Å². The molecule has 0 unspecified atom stereocenters. The highest BCUT2D eigenvalue weighted by Gasteiger charge is 2.17. The molecule has 0 radical (unpaired) electrons. The molecule has 2 aromatic rings. The molecule has 0 fully saturated rings. The number of anilines is 3. The van der Waals surface area contributed by atoms with Gasteiger partial charge in [-0.15, -0.1) is 0 Å². The fourth-order valence-electron chi connectivity index (χ4n) is 1.90. The van der Waals surface area contributed by atoms with Gasteiger partial charge in [0, 0.05) is 17.7 Å². The molecule has 2 rings (SSSR count). The first-order chi connectivity index (χ1) is 9.93. The Hall–Kier alpha value is -2.35. The Morgan fingerprint density at radius 1 is 1.00 bits per heavy atom. The summed E-state index contributed by atoms with van der Waals surface area (Å²) in [5, 5.41) is 2.64. The molecule has 1 heterocycles. The number of hydrogen-bond acceptors (Lipinski definition) is 5. The molecule has 0 aliphatic rings. The second kappa shape index (κ2) is 5.96. The molecule has 0 atom stereocenters. The molecular weight excluding hydrogens is 283 g/mol. The number of nitrogen functional groups attached to an aromatic ring is 1. The van der Waals surface area contributed by atoms with E-state index >= 15 is 0 Å². The Morgan fingerprint density at radius 2 is 1.62 bits per heavy atom. The highest BCUT2D eigenvalue weighted by Crippen LogP contribution is 2.31. The molecule has 0 bridgehead atoms. The van der Waals surface area contributed by atoms with Gasteiger partial charge >= 0.3 is 0 Å². The van der Waals surface area contributed by atoms with E-state index in [0.717, 1.165) is 6.07 Å². The third kappa shape index (κ3) is 3.05. The molecular formula is C13H14F3N5. The van der Waals surface area contributed by atoms with Crippen LogP contribution in [0.1, 0.15) is 25.3 Å². The van der Waals surface area contributed by atoms with Crippen molar-refractivity contribution in [1.29, 1.82) is 0 Å². The minimum Gasteiger partial charge on any atom is -0.337 e. The third-order valence-corrected chi connectivity index (χ3v) is 2.86. The molecule has 0 spiro atoms. The van der Waals surface area contributed by atoms with Crippen molar-refractivity contribution in [3.05, 3.63) is 41.5 Å². The number of hydrazine groups is 1. The molecule has 1 aromatic carbocycles. The van der Waals surface area contributed by atoms with Gasteiger partial charge < -0.3 is 10.7 Å². The van der Waals surface area contributed by atoms with E-state index in [1.807, 2.05) is 13.8 Å². The van der Waals surface area contributed by atoms with Crippen molar-refractivity contribution in [2.24, 2.45) is 5.84 Å². The Balaban J connectivity index is 2.47. The smallest absolute Gasteiger partial charge is 0.161 e. The molecule has 0 saturated carbocycles. The fraction of sp³-hybridized carbons (Fsp3) is 0.231. The van der Waals surface area contributed by atoms with Crippen LogP contribution in [0.5, 0.6) is 0 Å². The molecule has 0 amide bonds. The highest BCUT2D eigenvalue weighted by atomic mass is 19.2. The molecule has 1 aromatic heterocycles. The largest absolute Gasteiger partial charge is 0.337 e. The summed E-state index contributed by atoms with van der Waals surface area (Å²) < 4.78 is 39.8. The van der Waals surface area contributed by atoms with E-state index in [4.69, 9.17) is 5.84 Å². The van der Waals surface area contributed by atoms with Gasteiger partial charge in [-0.3, -0.25) is 0 Å². The van der Waals surface area contributed by atoms with Crippen molar-refractivity contribution in [2.45, 2.75) is 19.8 Å². The van der Waals surface area contributed by atoms with Crippen molar-refractivity contribution in [3.8, 4) is 0 Å². The molecule has 21 heavy (non-hydrogen) atoms. The zero-order valence-electron chi connectivity index (χ0n) is 11.4. The Morgan fingerprint density at radius 3 is 2.24 bits per heavy atom. The van der Waals surface area contributed by atoms with E-state index in [1.54, 1.807) is 0 Å². The van der Waals surface area contributed by atoms with Crippen LogP contribution in [0, 0.1) is 17.5 Å². The van der Waals surface area contributed by atoms with Gasteiger partial charge in [0.1, 0.15) is 23.8 Å². The van der Waals surface area contributed by atoms with Crippen LogP contribution in [0.2, 0.25) is 0 Å². The molecule has 0 aliphatic carbocycles. The molecule has 4 N–H and O–H groups in total. The van der Waals surface area contributed by atoms with Gasteiger partial charge in [0.25, 0.3) is 0 Å². The van der Waals surface area contributed by atoms with Gasteiger partial charge in [0.2, 0.25) is 0 Å². The van der Waals surface area contributed by atoms with Gasteiger partial charge in [-0.2, -0.15) is 0 Å². The molecule has 112 valence electrons.